The summed E-state index contributed by atoms with van der Waals surface area (Å²) >= 11 is 0. The number of aromatic nitrogens is 2. The van der Waals surface area contributed by atoms with Crippen molar-refractivity contribution in [2.24, 2.45) is 0 Å². The molecule has 5 nitrogen and oxygen atoms in total. The molecule has 0 aliphatic heterocycles. The van der Waals surface area contributed by atoms with Crippen LogP contribution < -0.4 is 10.6 Å². The molecule has 2 N–H and O–H groups in total. The first kappa shape index (κ1) is 17.1. The van der Waals surface area contributed by atoms with Gasteiger partial charge >= 0.3 is 0 Å². The molecule has 0 aliphatic carbocycles. The molecule has 0 saturated carbocycles. The summed E-state index contributed by atoms with van der Waals surface area (Å²) in [6, 6.07) is 13.4. The van der Waals surface area contributed by atoms with E-state index in [-0.39, 0.29) is 5.91 Å². The fraction of sp³-hybridized carbons (Fsp3) is 0. The third-order valence-corrected chi connectivity index (χ3v) is 3.85. The summed E-state index contributed by atoms with van der Waals surface area (Å²) < 4.78 is 0. The first-order valence-corrected chi connectivity index (χ1v) is 7.98. The van der Waals surface area contributed by atoms with Crippen molar-refractivity contribution in [2.45, 2.75) is 0 Å². The summed E-state index contributed by atoms with van der Waals surface area (Å²) in [7, 11) is 0. The zero-order chi connectivity index (χ0) is 18.5. The van der Waals surface area contributed by atoms with Gasteiger partial charge in [0.1, 0.15) is 12.1 Å². The lowest BCUT2D eigenvalue weighted by Gasteiger charge is -2.14. The molecule has 0 spiro atoms. The summed E-state index contributed by atoms with van der Waals surface area (Å²) in [6.45, 7) is 11.2. The number of nitrogens with zero attached hydrogens (tertiary/aromatic N) is 2. The molecule has 1 amide bonds. The van der Waals surface area contributed by atoms with Crippen molar-refractivity contribution in [2.75, 3.05) is 10.6 Å². The second-order valence-electron chi connectivity index (χ2n) is 5.55. The van der Waals surface area contributed by atoms with Gasteiger partial charge in [-0.15, -0.1) is 0 Å². The average Bonchev–Trinajstić information content (AvgIpc) is 2.68. The molecule has 0 atom stereocenters. The van der Waals surface area contributed by atoms with Gasteiger partial charge in [-0.3, -0.25) is 4.79 Å². The number of allylic oxidation sites excluding steroid dienone is 2. The average molecular weight is 342 g/mol. The van der Waals surface area contributed by atoms with E-state index in [1.807, 2.05) is 42.5 Å². The molecule has 2 aromatic carbocycles. The molecule has 0 bridgehead atoms. The normalized spacial score (nSPS) is 10.2. The highest BCUT2D eigenvalue weighted by atomic mass is 16.1. The minimum absolute atomic E-state index is 0.308. The summed E-state index contributed by atoms with van der Waals surface area (Å²) in [5.74, 6) is 0.336. The molecule has 128 valence electrons. The molecule has 0 unspecified atom stereocenters. The maximum atomic E-state index is 11.8. The molecule has 1 aromatic heterocycles. The van der Waals surface area contributed by atoms with Gasteiger partial charge in [0.2, 0.25) is 5.91 Å². The van der Waals surface area contributed by atoms with Gasteiger partial charge in [0, 0.05) is 22.3 Å². The Bertz CT molecular complexity index is 1010. The molecule has 0 aliphatic rings. The van der Waals surface area contributed by atoms with Crippen LogP contribution in [0.5, 0.6) is 0 Å². The van der Waals surface area contributed by atoms with E-state index >= 15 is 0 Å². The van der Waals surface area contributed by atoms with Gasteiger partial charge in [0.25, 0.3) is 0 Å². The molecule has 0 fully saturated rings. The summed E-state index contributed by atoms with van der Waals surface area (Å²) in [5, 5.41) is 6.86. The minimum Gasteiger partial charge on any atom is -0.340 e. The van der Waals surface area contributed by atoms with Gasteiger partial charge in [-0.1, -0.05) is 44.0 Å². The van der Waals surface area contributed by atoms with E-state index in [9.17, 15) is 4.79 Å². The van der Waals surface area contributed by atoms with Crippen LogP contribution >= 0.6 is 0 Å². The number of amides is 1. The van der Waals surface area contributed by atoms with Crippen molar-refractivity contribution in [3.8, 4) is 0 Å². The van der Waals surface area contributed by atoms with Crippen LogP contribution in [0.25, 0.3) is 16.5 Å². The molecular formula is C21H18N4O. The first-order valence-electron chi connectivity index (χ1n) is 7.98. The highest BCUT2D eigenvalue weighted by molar-refractivity contribution is 6.05. The number of carbonyl (C=O) groups excluding carboxylic acids is 1. The quantitative estimate of drug-likeness (QED) is 0.503. The Balaban J connectivity index is 2.15. The topological polar surface area (TPSA) is 66.9 Å². The molecule has 1 heterocycles. The largest absolute Gasteiger partial charge is 0.340 e. The van der Waals surface area contributed by atoms with Crippen molar-refractivity contribution in [1.29, 1.82) is 0 Å². The highest BCUT2D eigenvalue weighted by Gasteiger charge is 2.12. The third kappa shape index (κ3) is 3.52. The SMILES string of the molecule is C=CC(=C)c1cc2ncnc(Nc3ccccc3)c2cc1NC(=O)C=C. The van der Waals surface area contributed by atoms with Crippen LogP contribution in [0.3, 0.4) is 0 Å². The van der Waals surface area contributed by atoms with E-state index < -0.39 is 0 Å². The maximum absolute atomic E-state index is 11.8. The van der Waals surface area contributed by atoms with E-state index in [1.54, 1.807) is 6.08 Å². The van der Waals surface area contributed by atoms with Crippen LogP contribution in [-0.2, 0) is 4.79 Å². The number of nitrogens with one attached hydrogen (secondary N) is 2. The molecule has 5 heteroatoms. The Morgan fingerprint density at radius 2 is 1.81 bits per heavy atom. The van der Waals surface area contributed by atoms with Crippen molar-refractivity contribution < 1.29 is 4.79 Å². The smallest absolute Gasteiger partial charge is 0.247 e. The van der Waals surface area contributed by atoms with Crippen molar-refractivity contribution in [3.05, 3.63) is 86.2 Å². The zero-order valence-corrected chi connectivity index (χ0v) is 14.2. The first-order chi connectivity index (χ1) is 12.6. The standard InChI is InChI=1S/C21H18N4O/c1-4-14(3)16-11-18-17(12-19(16)25-20(26)5-2)21(23-13-22-18)24-15-9-7-6-8-10-15/h4-13H,1-3H2,(H,25,26)(H,22,23,24). The second-order valence-corrected chi connectivity index (χ2v) is 5.55. The molecule has 3 aromatic rings. The van der Waals surface area contributed by atoms with Gasteiger partial charge in [-0.2, -0.15) is 0 Å². The van der Waals surface area contributed by atoms with Gasteiger partial charge in [0.05, 0.1) is 5.52 Å². The molecule has 0 saturated heterocycles. The van der Waals surface area contributed by atoms with Crippen LogP contribution in [0.2, 0.25) is 0 Å². The van der Waals surface area contributed by atoms with Gasteiger partial charge < -0.3 is 10.6 Å². The summed E-state index contributed by atoms with van der Waals surface area (Å²) in [5.41, 5.74) is 3.66. The Morgan fingerprint density at radius 1 is 1.04 bits per heavy atom. The van der Waals surface area contributed by atoms with Crippen LogP contribution in [-0.4, -0.2) is 15.9 Å². The lowest BCUT2D eigenvalue weighted by atomic mass is 10.0. The maximum Gasteiger partial charge on any atom is 0.247 e. The second kappa shape index (κ2) is 7.44. The zero-order valence-electron chi connectivity index (χ0n) is 14.2. The van der Waals surface area contributed by atoms with Crippen LogP contribution in [0.1, 0.15) is 5.56 Å². The third-order valence-electron chi connectivity index (χ3n) is 3.85. The van der Waals surface area contributed by atoms with E-state index in [1.165, 1.54) is 12.4 Å². The van der Waals surface area contributed by atoms with Crippen LogP contribution in [0.4, 0.5) is 17.2 Å². The van der Waals surface area contributed by atoms with Crippen molar-refractivity contribution in [3.63, 3.8) is 0 Å². The predicted molar refractivity (Wildman–Crippen MR) is 107 cm³/mol. The Hall–Kier alpha value is -3.73. The number of rotatable bonds is 6. The summed E-state index contributed by atoms with van der Waals surface area (Å²) in [4.78, 5) is 20.5. The molecular weight excluding hydrogens is 324 g/mol. The Kier molecular flexibility index (Phi) is 4.90. The number of anilines is 3. The van der Waals surface area contributed by atoms with Crippen molar-refractivity contribution >= 4 is 39.6 Å². The van der Waals surface area contributed by atoms with Gasteiger partial charge in [0.15, 0.2) is 0 Å². The molecule has 0 radical (unpaired) electrons. The number of para-hydroxylation sites is 1. The number of benzene rings is 2. The van der Waals surface area contributed by atoms with E-state index in [0.29, 0.717) is 17.1 Å². The lowest BCUT2D eigenvalue weighted by Crippen LogP contribution is -2.09. The molecule has 3 rings (SSSR count). The minimum atomic E-state index is -0.308. The van der Waals surface area contributed by atoms with E-state index in [2.05, 4.69) is 40.3 Å². The fourth-order valence-corrected chi connectivity index (χ4v) is 2.52. The lowest BCUT2D eigenvalue weighted by molar-refractivity contribution is -0.111. The van der Waals surface area contributed by atoms with Crippen LogP contribution in [0, 0.1) is 0 Å². The number of hydrogen-bond donors (Lipinski definition) is 2. The molecule has 26 heavy (non-hydrogen) atoms. The Morgan fingerprint density at radius 3 is 2.50 bits per heavy atom. The fourth-order valence-electron chi connectivity index (χ4n) is 2.52. The predicted octanol–water partition coefficient (Wildman–Crippen LogP) is 4.70. The van der Waals surface area contributed by atoms with E-state index in [4.69, 9.17) is 0 Å². The Labute approximate surface area is 151 Å². The number of hydrogen-bond acceptors (Lipinski definition) is 4. The van der Waals surface area contributed by atoms with Crippen LogP contribution in [0.15, 0.2) is 80.7 Å². The summed E-state index contributed by atoms with van der Waals surface area (Å²) in [6.07, 6.45) is 4.35. The highest BCUT2D eigenvalue weighted by Crippen LogP contribution is 2.32. The number of fused-ring (bicyclic) bond motifs is 1. The van der Waals surface area contributed by atoms with E-state index in [0.717, 1.165) is 22.2 Å². The number of carbonyl (C=O) groups is 1. The van der Waals surface area contributed by atoms with Gasteiger partial charge in [-0.25, -0.2) is 9.97 Å². The monoisotopic (exact) mass is 342 g/mol. The van der Waals surface area contributed by atoms with Crippen molar-refractivity contribution in [1.82, 2.24) is 9.97 Å². The van der Waals surface area contributed by atoms with Gasteiger partial charge in [-0.05, 0) is 35.9 Å².